The Hall–Kier alpha value is -1.67. The van der Waals surface area contributed by atoms with Crippen LogP contribution in [-0.4, -0.2) is 51.9 Å². The molecule has 0 aliphatic carbocycles. The molecule has 0 saturated carbocycles. The lowest BCUT2D eigenvalue weighted by molar-refractivity contribution is 0.0999. The molecule has 6 nitrogen and oxygen atoms in total. The van der Waals surface area contributed by atoms with Gasteiger partial charge < -0.3 is 10.2 Å². The van der Waals surface area contributed by atoms with Crippen molar-refractivity contribution in [1.82, 2.24) is 9.62 Å². The summed E-state index contributed by atoms with van der Waals surface area (Å²) < 4.78 is 28.2. The molecule has 2 aromatic carbocycles. The lowest BCUT2D eigenvalue weighted by Gasteiger charge is -2.19. The minimum absolute atomic E-state index is 0. The Kier molecular flexibility index (Phi) is 4.04. The predicted molar refractivity (Wildman–Crippen MR) is 103 cm³/mol. The molecule has 26 heavy (non-hydrogen) atoms. The Morgan fingerprint density at radius 1 is 1.08 bits per heavy atom. The van der Waals surface area contributed by atoms with Crippen LogP contribution in [0.3, 0.4) is 0 Å². The van der Waals surface area contributed by atoms with E-state index in [-0.39, 0.29) is 18.3 Å². The van der Waals surface area contributed by atoms with Crippen molar-refractivity contribution in [2.24, 2.45) is 11.8 Å². The first-order valence-corrected chi connectivity index (χ1v) is 9.97. The van der Waals surface area contributed by atoms with E-state index in [1.54, 1.807) is 46.6 Å². The number of carbonyl (C=O) groups is 1. The highest BCUT2D eigenvalue weighted by Gasteiger charge is 2.42. The van der Waals surface area contributed by atoms with Gasteiger partial charge in [0, 0.05) is 36.5 Å². The minimum atomic E-state index is -3.57. The SMILES string of the molecule is CN1C(=O)c2cccc3c(S(=O)(=O)N4C[C@H]5CNC[C@H]5C4)ccc1c23.Cl. The molecule has 3 heterocycles. The molecule has 0 aromatic heterocycles. The summed E-state index contributed by atoms with van der Waals surface area (Å²) in [6.07, 6.45) is 0. The molecule has 0 spiro atoms. The Balaban J connectivity index is 0.00000168. The summed E-state index contributed by atoms with van der Waals surface area (Å²) in [5, 5.41) is 4.72. The van der Waals surface area contributed by atoms with E-state index >= 15 is 0 Å². The van der Waals surface area contributed by atoms with Gasteiger partial charge in [0.1, 0.15) is 0 Å². The number of carbonyl (C=O) groups excluding carboxylic acids is 1. The van der Waals surface area contributed by atoms with Crippen LogP contribution in [0.5, 0.6) is 0 Å². The summed E-state index contributed by atoms with van der Waals surface area (Å²) in [7, 11) is -1.85. The Bertz CT molecular complexity index is 1010. The molecule has 0 unspecified atom stereocenters. The molecule has 8 heteroatoms. The highest BCUT2D eigenvalue weighted by atomic mass is 35.5. The van der Waals surface area contributed by atoms with Gasteiger partial charge in [0.2, 0.25) is 10.0 Å². The molecule has 3 aliphatic heterocycles. The number of anilines is 1. The van der Waals surface area contributed by atoms with E-state index in [1.165, 1.54) is 0 Å². The van der Waals surface area contributed by atoms with Gasteiger partial charge in [-0.1, -0.05) is 12.1 Å². The first kappa shape index (κ1) is 17.7. The molecule has 2 atom stereocenters. The van der Waals surface area contributed by atoms with Gasteiger partial charge in [0.05, 0.1) is 10.6 Å². The smallest absolute Gasteiger partial charge is 0.258 e. The Morgan fingerprint density at radius 2 is 1.77 bits per heavy atom. The molecule has 0 radical (unpaired) electrons. The van der Waals surface area contributed by atoms with E-state index < -0.39 is 10.0 Å². The third kappa shape index (κ3) is 2.24. The number of benzene rings is 2. The number of rotatable bonds is 2. The van der Waals surface area contributed by atoms with Crippen LogP contribution >= 0.6 is 12.4 Å². The van der Waals surface area contributed by atoms with Crippen LogP contribution in [0.15, 0.2) is 35.2 Å². The lowest BCUT2D eigenvalue weighted by atomic mass is 10.0. The zero-order chi connectivity index (χ0) is 17.3. The molecule has 3 aliphatic rings. The summed E-state index contributed by atoms with van der Waals surface area (Å²) >= 11 is 0. The maximum Gasteiger partial charge on any atom is 0.258 e. The van der Waals surface area contributed by atoms with Crippen LogP contribution in [0.25, 0.3) is 10.8 Å². The van der Waals surface area contributed by atoms with E-state index in [2.05, 4.69) is 5.32 Å². The van der Waals surface area contributed by atoms with E-state index in [0.717, 1.165) is 24.2 Å². The molecule has 138 valence electrons. The average Bonchev–Trinajstić information content (AvgIpc) is 3.26. The summed E-state index contributed by atoms with van der Waals surface area (Å²) in [6, 6.07) is 8.74. The molecule has 1 amide bonds. The molecule has 2 saturated heterocycles. The van der Waals surface area contributed by atoms with Crippen molar-refractivity contribution in [2.75, 3.05) is 38.1 Å². The number of hydrogen-bond donors (Lipinski definition) is 1. The van der Waals surface area contributed by atoms with Crippen LogP contribution < -0.4 is 10.2 Å². The number of nitrogens with zero attached hydrogens (tertiary/aromatic N) is 2. The Morgan fingerprint density at radius 3 is 2.46 bits per heavy atom. The number of halogens is 1. The molecule has 2 aromatic rings. The molecular weight excluding hydrogens is 374 g/mol. The van der Waals surface area contributed by atoms with Crippen molar-refractivity contribution < 1.29 is 13.2 Å². The van der Waals surface area contributed by atoms with Crippen LogP contribution in [-0.2, 0) is 10.0 Å². The van der Waals surface area contributed by atoms with E-state index in [0.29, 0.717) is 40.8 Å². The summed E-state index contributed by atoms with van der Waals surface area (Å²) in [5.41, 5.74) is 1.35. The number of hydrogen-bond acceptors (Lipinski definition) is 4. The highest BCUT2D eigenvalue weighted by Crippen LogP contribution is 2.41. The molecule has 1 N–H and O–H groups in total. The quantitative estimate of drug-likeness (QED) is 0.843. The van der Waals surface area contributed by atoms with Crippen molar-refractivity contribution in [1.29, 1.82) is 0 Å². The van der Waals surface area contributed by atoms with Crippen LogP contribution in [0.4, 0.5) is 5.69 Å². The fraction of sp³-hybridized carbons (Fsp3) is 0.389. The van der Waals surface area contributed by atoms with E-state index in [1.807, 2.05) is 0 Å². The first-order chi connectivity index (χ1) is 12.0. The monoisotopic (exact) mass is 393 g/mol. The fourth-order valence-corrected chi connectivity index (χ4v) is 6.22. The third-order valence-electron chi connectivity index (χ3n) is 5.85. The Labute approximate surface area is 158 Å². The predicted octanol–water partition coefficient (Wildman–Crippen LogP) is 1.69. The second kappa shape index (κ2) is 5.92. The summed E-state index contributed by atoms with van der Waals surface area (Å²) in [4.78, 5) is 14.3. The van der Waals surface area contributed by atoms with Gasteiger partial charge in [0.25, 0.3) is 5.91 Å². The summed E-state index contributed by atoms with van der Waals surface area (Å²) in [6.45, 7) is 2.92. The van der Waals surface area contributed by atoms with E-state index in [9.17, 15) is 13.2 Å². The van der Waals surface area contributed by atoms with Gasteiger partial charge >= 0.3 is 0 Å². The lowest BCUT2D eigenvalue weighted by Crippen LogP contribution is -2.32. The normalized spacial score (nSPS) is 25.0. The largest absolute Gasteiger partial charge is 0.316 e. The minimum Gasteiger partial charge on any atom is -0.316 e. The zero-order valence-electron chi connectivity index (χ0n) is 14.3. The first-order valence-electron chi connectivity index (χ1n) is 8.53. The average molecular weight is 394 g/mol. The van der Waals surface area contributed by atoms with Crippen molar-refractivity contribution in [3.8, 4) is 0 Å². The van der Waals surface area contributed by atoms with Gasteiger partial charge in [-0.3, -0.25) is 4.79 Å². The second-order valence-corrected chi connectivity index (χ2v) is 9.08. The third-order valence-corrected chi connectivity index (χ3v) is 7.74. The van der Waals surface area contributed by atoms with Gasteiger partial charge in [-0.15, -0.1) is 12.4 Å². The van der Waals surface area contributed by atoms with E-state index in [4.69, 9.17) is 0 Å². The highest BCUT2D eigenvalue weighted by molar-refractivity contribution is 7.89. The molecule has 0 bridgehead atoms. The van der Waals surface area contributed by atoms with Crippen LogP contribution in [0.1, 0.15) is 10.4 Å². The number of fused-ring (bicyclic) bond motifs is 1. The zero-order valence-corrected chi connectivity index (χ0v) is 15.9. The van der Waals surface area contributed by atoms with Crippen molar-refractivity contribution >= 4 is 44.8 Å². The van der Waals surface area contributed by atoms with Crippen molar-refractivity contribution in [3.05, 3.63) is 35.9 Å². The maximum absolute atomic E-state index is 13.3. The van der Waals surface area contributed by atoms with Gasteiger partial charge in [-0.25, -0.2) is 8.42 Å². The number of sulfonamides is 1. The van der Waals surface area contributed by atoms with Crippen LogP contribution in [0.2, 0.25) is 0 Å². The van der Waals surface area contributed by atoms with Gasteiger partial charge in [-0.2, -0.15) is 4.31 Å². The molecule has 5 rings (SSSR count). The number of amides is 1. The summed E-state index contributed by atoms with van der Waals surface area (Å²) in [5.74, 6) is 0.718. The maximum atomic E-state index is 13.3. The second-order valence-electron chi connectivity index (χ2n) is 7.18. The van der Waals surface area contributed by atoms with Crippen molar-refractivity contribution in [3.63, 3.8) is 0 Å². The van der Waals surface area contributed by atoms with Crippen LogP contribution in [0, 0.1) is 11.8 Å². The van der Waals surface area contributed by atoms with Gasteiger partial charge in [-0.05, 0) is 43.1 Å². The van der Waals surface area contributed by atoms with Crippen molar-refractivity contribution in [2.45, 2.75) is 4.90 Å². The van der Waals surface area contributed by atoms with Gasteiger partial charge in [0.15, 0.2) is 0 Å². The fourth-order valence-electron chi connectivity index (χ4n) is 4.48. The molecule has 2 fully saturated rings. The number of nitrogens with one attached hydrogen (secondary N) is 1. The molecular formula is C18H20ClN3O3S. The topological polar surface area (TPSA) is 69.7 Å². The standard InChI is InChI=1S/C18H19N3O3S.ClH/c1-20-15-5-6-16(13-3-2-4-14(17(13)15)18(20)22)25(23,24)21-9-11-7-19-8-12(11)10-21;/h2-6,11-12,19H,7-10H2,1H3;1H/t11-,12+;.